The van der Waals surface area contributed by atoms with Crippen LogP contribution in [0.25, 0.3) is 0 Å². The molecule has 0 aromatic heterocycles. The summed E-state index contributed by atoms with van der Waals surface area (Å²) in [6, 6.07) is 1.91. The fraction of sp³-hybridized carbons (Fsp3) is 0.818. The van der Waals surface area contributed by atoms with Crippen molar-refractivity contribution in [1.29, 1.82) is 5.26 Å². The second-order valence-electron chi connectivity index (χ2n) is 5.07. The summed E-state index contributed by atoms with van der Waals surface area (Å²) in [6.45, 7) is 6.38. The molecule has 1 aliphatic heterocycles. The Labute approximate surface area is 95.6 Å². The summed E-state index contributed by atoms with van der Waals surface area (Å²) in [7, 11) is 0. The summed E-state index contributed by atoms with van der Waals surface area (Å²) in [6.07, 6.45) is -0.871. The Balaban J connectivity index is 2.31. The molecule has 0 saturated carbocycles. The third kappa shape index (κ3) is 3.38. The van der Waals surface area contributed by atoms with E-state index < -0.39 is 11.7 Å². The van der Waals surface area contributed by atoms with Gasteiger partial charge in [0.2, 0.25) is 0 Å². The van der Waals surface area contributed by atoms with Gasteiger partial charge in [0, 0.05) is 19.0 Å². The molecule has 1 fully saturated rings. The van der Waals surface area contributed by atoms with Gasteiger partial charge in [-0.3, -0.25) is 0 Å². The normalized spacial score (nSPS) is 18.6. The number of hydrogen-bond donors (Lipinski definition) is 1. The number of nitrogens with zero attached hydrogens (tertiary/aromatic N) is 2. The topological polar surface area (TPSA) is 73.6 Å². The zero-order chi connectivity index (χ0) is 12.3. The van der Waals surface area contributed by atoms with Crippen LogP contribution in [0, 0.1) is 17.2 Å². The first kappa shape index (κ1) is 12.8. The average Bonchev–Trinajstić information content (AvgIpc) is 1.97. The van der Waals surface area contributed by atoms with Crippen molar-refractivity contribution in [2.24, 2.45) is 5.92 Å². The second kappa shape index (κ2) is 4.71. The van der Waals surface area contributed by atoms with Crippen molar-refractivity contribution in [3.63, 3.8) is 0 Å². The van der Waals surface area contributed by atoms with Gasteiger partial charge in [0.25, 0.3) is 0 Å². The van der Waals surface area contributed by atoms with E-state index >= 15 is 0 Å². The summed E-state index contributed by atoms with van der Waals surface area (Å²) in [5, 5.41) is 17.9. The molecule has 0 spiro atoms. The van der Waals surface area contributed by atoms with Crippen molar-refractivity contribution in [2.45, 2.75) is 38.9 Å². The number of ether oxygens (including phenoxy) is 1. The zero-order valence-corrected chi connectivity index (χ0v) is 9.93. The lowest BCUT2D eigenvalue weighted by molar-refractivity contribution is -0.0292. The zero-order valence-electron chi connectivity index (χ0n) is 9.93. The van der Waals surface area contributed by atoms with Crippen molar-refractivity contribution in [3.8, 4) is 6.07 Å². The number of carbonyl (C=O) groups is 1. The predicted molar refractivity (Wildman–Crippen MR) is 57.5 cm³/mol. The average molecular weight is 226 g/mol. The number of rotatable bonds is 2. The summed E-state index contributed by atoms with van der Waals surface area (Å²) in [5.74, 6) is 0.00664. The highest BCUT2D eigenvalue weighted by Crippen LogP contribution is 2.23. The molecule has 16 heavy (non-hydrogen) atoms. The van der Waals surface area contributed by atoms with E-state index in [4.69, 9.17) is 10.00 Å². The highest BCUT2D eigenvalue weighted by molar-refractivity contribution is 5.69. The molecule has 0 aliphatic carbocycles. The minimum absolute atomic E-state index is 0.00664. The minimum Gasteiger partial charge on any atom is -0.444 e. The van der Waals surface area contributed by atoms with Crippen LogP contribution >= 0.6 is 0 Å². The Morgan fingerprint density at radius 2 is 2.19 bits per heavy atom. The first-order valence-electron chi connectivity index (χ1n) is 5.36. The molecule has 1 rings (SSSR count). The minimum atomic E-state index is -0.635. The number of aliphatic hydroxyl groups excluding tert-OH is 1. The molecule has 1 aliphatic rings. The fourth-order valence-corrected chi connectivity index (χ4v) is 1.49. The van der Waals surface area contributed by atoms with Crippen molar-refractivity contribution in [2.75, 3.05) is 13.1 Å². The van der Waals surface area contributed by atoms with E-state index in [-0.39, 0.29) is 18.4 Å². The van der Waals surface area contributed by atoms with Crippen LogP contribution in [0.1, 0.15) is 27.2 Å². The maximum Gasteiger partial charge on any atom is 0.410 e. The van der Waals surface area contributed by atoms with Gasteiger partial charge in [-0.1, -0.05) is 0 Å². The quantitative estimate of drug-likeness (QED) is 0.766. The molecule has 1 amide bonds. The molecule has 1 saturated heterocycles. The van der Waals surface area contributed by atoms with Crippen molar-refractivity contribution in [1.82, 2.24) is 4.90 Å². The van der Waals surface area contributed by atoms with E-state index in [2.05, 4.69) is 0 Å². The predicted octanol–water partition coefficient (Wildman–Crippen LogP) is 1.13. The molecule has 1 atom stereocenters. The van der Waals surface area contributed by atoms with Crippen LogP contribution in [-0.4, -0.2) is 40.9 Å². The van der Waals surface area contributed by atoms with Gasteiger partial charge in [-0.2, -0.15) is 5.26 Å². The van der Waals surface area contributed by atoms with E-state index in [0.717, 1.165) is 0 Å². The van der Waals surface area contributed by atoms with Gasteiger partial charge in [-0.15, -0.1) is 0 Å². The molecule has 0 aromatic carbocycles. The van der Waals surface area contributed by atoms with Crippen molar-refractivity contribution < 1.29 is 14.6 Å². The van der Waals surface area contributed by atoms with Gasteiger partial charge < -0.3 is 14.7 Å². The SMILES string of the molecule is CC(C)(C)OC(=O)N1CC(C(O)CC#N)C1. The van der Waals surface area contributed by atoms with Gasteiger partial charge in [0.05, 0.1) is 18.6 Å². The lowest BCUT2D eigenvalue weighted by Crippen LogP contribution is -2.55. The molecule has 90 valence electrons. The number of nitriles is 1. The largest absolute Gasteiger partial charge is 0.444 e. The van der Waals surface area contributed by atoms with Gasteiger partial charge in [-0.05, 0) is 20.8 Å². The maximum atomic E-state index is 11.5. The molecule has 5 nitrogen and oxygen atoms in total. The van der Waals surface area contributed by atoms with Crippen LogP contribution in [0.5, 0.6) is 0 Å². The second-order valence-corrected chi connectivity index (χ2v) is 5.07. The molecule has 1 N–H and O–H groups in total. The van der Waals surface area contributed by atoms with Crippen molar-refractivity contribution in [3.05, 3.63) is 0 Å². The summed E-state index contributed by atoms with van der Waals surface area (Å²) in [5.41, 5.74) is -0.493. The van der Waals surface area contributed by atoms with Crippen LogP contribution in [0.15, 0.2) is 0 Å². The van der Waals surface area contributed by atoms with Crippen LogP contribution < -0.4 is 0 Å². The van der Waals surface area contributed by atoms with E-state index in [9.17, 15) is 9.90 Å². The molecule has 1 unspecified atom stereocenters. The highest BCUT2D eigenvalue weighted by Gasteiger charge is 2.37. The molecule has 0 radical (unpaired) electrons. The molecule has 0 bridgehead atoms. The number of hydrogen-bond acceptors (Lipinski definition) is 4. The summed E-state index contributed by atoms with van der Waals surface area (Å²) >= 11 is 0. The Hall–Kier alpha value is -1.28. The van der Waals surface area contributed by atoms with Crippen LogP contribution in [-0.2, 0) is 4.74 Å². The van der Waals surface area contributed by atoms with Crippen LogP contribution in [0.2, 0.25) is 0 Å². The van der Waals surface area contributed by atoms with Crippen LogP contribution in [0.3, 0.4) is 0 Å². The lowest BCUT2D eigenvalue weighted by Gasteiger charge is -2.41. The van der Waals surface area contributed by atoms with E-state index in [1.807, 2.05) is 26.8 Å². The summed E-state index contributed by atoms with van der Waals surface area (Å²) in [4.78, 5) is 13.1. The molecule has 5 heteroatoms. The lowest BCUT2D eigenvalue weighted by atomic mass is 9.92. The summed E-state index contributed by atoms with van der Waals surface area (Å²) < 4.78 is 5.17. The molecular formula is C11H18N2O3. The first-order chi connectivity index (χ1) is 7.33. The maximum absolute atomic E-state index is 11.5. The van der Waals surface area contributed by atoms with E-state index in [0.29, 0.717) is 13.1 Å². The first-order valence-corrected chi connectivity index (χ1v) is 5.36. The van der Waals surface area contributed by atoms with E-state index in [1.54, 1.807) is 0 Å². The molecule has 0 aromatic rings. The molecular weight excluding hydrogens is 208 g/mol. The Bertz CT molecular complexity index is 297. The third-order valence-electron chi connectivity index (χ3n) is 2.41. The van der Waals surface area contributed by atoms with Gasteiger partial charge in [-0.25, -0.2) is 4.79 Å². The van der Waals surface area contributed by atoms with Gasteiger partial charge in [0.1, 0.15) is 5.60 Å². The molecule has 1 heterocycles. The van der Waals surface area contributed by atoms with Gasteiger partial charge in [0.15, 0.2) is 0 Å². The number of carbonyl (C=O) groups excluding carboxylic acids is 1. The Morgan fingerprint density at radius 1 is 1.62 bits per heavy atom. The monoisotopic (exact) mass is 226 g/mol. The Kier molecular flexibility index (Phi) is 3.76. The number of likely N-dealkylation sites (tertiary alicyclic amines) is 1. The third-order valence-corrected chi connectivity index (χ3v) is 2.41. The number of aliphatic hydroxyl groups is 1. The van der Waals surface area contributed by atoms with E-state index in [1.165, 1.54) is 4.90 Å². The van der Waals surface area contributed by atoms with Crippen LogP contribution in [0.4, 0.5) is 4.79 Å². The number of amides is 1. The standard InChI is InChI=1S/C11H18N2O3/c1-11(2,3)16-10(15)13-6-8(7-13)9(14)4-5-12/h8-9,14H,4,6-7H2,1-3H3. The highest BCUT2D eigenvalue weighted by atomic mass is 16.6. The van der Waals surface area contributed by atoms with Crippen molar-refractivity contribution >= 4 is 6.09 Å². The Morgan fingerprint density at radius 3 is 2.62 bits per heavy atom. The fourth-order valence-electron chi connectivity index (χ4n) is 1.49. The van der Waals surface area contributed by atoms with Gasteiger partial charge >= 0.3 is 6.09 Å². The smallest absolute Gasteiger partial charge is 0.410 e.